The van der Waals surface area contributed by atoms with Gasteiger partial charge in [-0.2, -0.15) is 0 Å². The Morgan fingerprint density at radius 1 is 1.19 bits per heavy atom. The second-order valence-electron chi connectivity index (χ2n) is 6.73. The highest BCUT2D eigenvalue weighted by Crippen LogP contribution is 2.26. The van der Waals surface area contributed by atoms with Crippen LogP contribution in [-0.4, -0.2) is 28.8 Å². The van der Waals surface area contributed by atoms with Crippen LogP contribution >= 0.6 is 0 Å². The molecule has 0 atom stereocenters. The number of anilines is 1. The van der Waals surface area contributed by atoms with Crippen molar-refractivity contribution in [3.8, 4) is 17.6 Å². The maximum atomic E-state index is 11.6. The molecule has 2 aromatic rings. The van der Waals surface area contributed by atoms with E-state index in [0.717, 1.165) is 0 Å². The number of hydrogen-bond acceptors (Lipinski definition) is 4. The molecule has 7 nitrogen and oxygen atoms in total. The maximum absolute atomic E-state index is 11.6. The molecule has 0 aliphatic heterocycles. The first kappa shape index (κ1) is 19.8. The molecule has 0 aliphatic rings. The number of methoxy groups -OCH3 is 1. The Kier molecular flexibility index (Phi) is 5.71. The molecule has 1 amide bonds. The Morgan fingerprint density at radius 3 is 2.44 bits per heavy atom. The van der Waals surface area contributed by atoms with Gasteiger partial charge in [0.15, 0.2) is 0 Å². The summed E-state index contributed by atoms with van der Waals surface area (Å²) in [6, 6.07) is 11.0. The summed E-state index contributed by atoms with van der Waals surface area (Å²) in [6.45, 7) is 5.40. The average molecular weight is 368 g/mol. The van der Waals surface area contributed by atoms with Crippen molar-refractivity contribution in [3.05, 3.63) is 63.7 Å². The zero-order valence-electron chi connectivity index (χ0n) is 15.5. The summed E-state index contributed by atoms with van der Waals surface area (Å²) in [4.78, 5) is 23.3. The molecule has 0 radical (unpaired) electrons. The number of amides is 1. The number of carbonyl (C=O) groups is 1. The van der Waals surface area contributed by atoms with Gasteiger partial charge in [0.1, 0.15) is 5.75 Å². The van der Waals surface area contributed by atoms with E-state index >= 15 is 0 Å². The number of ether oxygens (including phenoxy) is 1. The summed E-state index contributed by atoms with van der Waals surface area (Å²) < 4.78 is 5.20. The van der Waals surface area contributed by atoms with Crippen LogP contribution in [0.3, 0.4) is 0 Å². The molecule has 1 N–H and O–H groups in total. The van der Waals surface area contributed by atoms with Crippen molar-refractivity contribution in [2.45, 2.75) is 26.3 Å². The summed E-state index contributed by atoms with van der Waals surface area (Å²) in [5.41, 5.74) is 0.743. The summed E-state index contributed by atoms with van der Waals surface area (Å²) >= 11 is 0. The van der Waals surface area contributed by atoms with Gasteiger partial charge in [-0.05, 0) is 45.0 Å². The number of nitro benzene ring substituents is 1. The van der Waals surface area contributed by atoms with Crippen LogP contribution in [-0.2, 0) is 0 Å². The van der Waals surface area contributed by atoms with E-state index in [2.05, 4.69) is 11.8 Å². The lowest BCUT2D eigenvalue weighted by Gasteiger charge is -2.33. The van der Waals surface area contributed by atoms with E-state index in [9.17, 15) is 20.0 Å². The highest BCUT2D eigenvalue weighted by atomic mass is 16.6. The molecule has 2 rings (SSSR count). The summed E-state index contributed by atoms with van der Waals surface area (Å²) in [5, 5.41) is 20.5. The van der Waals surface area contributed by atoms with Crippen LogP contribution in [0, 0.1) is 22.0 Å². The normalized spacial score (nSPS) is 10.5. The largest absolute Gasteiger partial charge is 0.495 e. The van der Waals surface area contributed by atoms with Crippen molar-refractivity contribution in [1.29, 1.82) is 0 Å². The fourth-order valence-electron chi connectivity index (χ4n) is 2.55. The van der Waals surface area contributed by atoms with Crippen molar-refractivity contribution in [2.24, 2.45) is 0 Å². The minimum atomic E-state index is -1.06. The third-order valence-corrected chi connectivity index (χ3v) is 3.70. The topological polar surface area (TPSA) is 92.9 Å². The molecule has 7 heteroatoms. The van der Waals surface area contributed by atoms with Crippen LogP contribution in [0.4, 0.5) is 16.2 Å². The highest BCUT2D eigenvalue weighted by Gasteiger charge is 2.27. The average Bonchev–Trinajstić information content (AvgIpc) is 2.58. The monoisotopic (exact) mass is 368 g/mol. The molecule has 0 fully saturated rings. The van der Waals surface area contributed by atoms with E-state index in [4.69, 9.17) is 4.74 Å². The number of rotatable bonds is 3. The first-order valence-corrected chi connectivity index (χ1v) is 8.11. The number of carboxylic acid groups (broad SMARTS) is 1. The van der Waals surface area contributed by atoms with Gasteiger partial charge in [-0.1, -0.05) is 17.9 Å². The molecule has 0 heterocycles. The predicted octanol–water partition coefficient (Wildman–Crippen LogP) is 4.29. The Bertz CT molecular complexity index is 935. The zero-order chi connectivity index (χ0) is 20.2. The lowest BCUT2D eigenvalue weighted by atomic mass is 10.0. The van der Waals surface area contributed by atoms with E-state index in [0.29, 0.717) is 22.6 Å². The Hall–Kier alpha value is -3.53. The van der Waals surface area contributed by atoms with Crippen molar-refractivity contribution >= 4 is 17.5 Å². The van der Waals surface area contributed by atoms with Gasteiger partial charge in [-0.15, -0.1) is 0 Å². The SMILES string of the molecule is COc1ccc([N+](=O)[O-])cc1C#Cc1cccc(N(C(=O)O)C(C)(C)C)c1. The fraction of sp³-hybridized carbons (Fsp3) is 0.250. The van der Waals surface area contributed by atoms with Gasteiger partial charge in [0.2, 0.25) is 0 Å². The standard InChI is InChI=1S/C20H20N2O5/c1-20(2,3)21(19(23)24)16-7-5-6-14(12-16)8-9-15-13-17(22(25)26)10-11-18(15)27-4/h5-7,10-13H,1-4H3,(H,23,24). The van der Waals surface area contributed by atoms with E-state index < -0.39 is 16.6 Å². The Morgan fingerprint density at radius 2 is 1.89 bits per heavy atom. The molecule has 0 spiro atoms. The van der Waals surface area contributed by atoms with Gasteiger partial charge in [0.25, 0.3) is 5.69 Å². The summed E-state index contributed by atoms with van der Waals surface area (Å²) in [5.74, 6) is 6.20. The zero-order valence-corrected chi connectivity index (χ0v) is 15.5. The van der Waals surface area contributed by atoms with Crippen LogP contribution in [0.2, 0.25) is 0 Å². The van der Waals surface area contributed by atoms with Gasteiger partial charge in [-0.25, -0.2) is 4.79 Å². The van der Waals surface area contributed by atoms with Gasteiger partial charge in [-0.3, -0.25) is 15.0 Å². The Labute approximate surface area is 157 Å². The van der Waals surface area contributed by atoms with Crippen LogP contribution in [0.25, 0.3) is 0 Å². The molecular weight excluding hydrogens is 348 g/mol. The fourth-order valence-corrected chi connectivity index (χ4v) is 2.55. The van der Waals surface area contributed by atoms with Crippen molar-refractivity contribution < 1.29 is 19.6 Å². The smallest absolute Gasteiger partial charge is 0.412 e. The number of nitrogens with zero attached hydrogens (tertiary/aromatic N) is 2. The van der Waals surface area contributed by atoms with Crippen molar-refractivity contribution in [1.82, 2.24) is 0 Å². The van der Waals surface area contributed by atoms with Crippen LogP contribution in [0.15, 0.2) is 42.5 Å². The molecule has 0 saturated carbocycles. The molecule has 140 valence electrons. The number of benzene rings is 2. The molecule has 0 bridgehead atoms. The Balaban J connectivity index is 2.45. The minimum absolute atomic E-state index is 0.0846. The van der Waals surface area contributed by atoms with Gasteiger partial charge in [0, 0.05) is 28.9 Å². The third kappa shape index (κ3) is 4.76. The molecule has 0 aliphatic carbocycles. The lowest BCUT2D eigenvalue weighted by Crippen LogP contribution is -2.45. The summed E-state index contributed by atoms with van der Waals surface area (Å²) in [7, 11) is 1.46. The van der Waals surface area contributed by atoms with E-state index in [1.165, 1.54) is 30.2 Å². The van der Waals surface area contributed by atoms with Gasteiger partial charge < -0.3 is 9.84 Å². The lowest BCUT2D eigenvalue weighted by molar-refractivity contribution is -0.384. The van der Waals surface area contributed by atoms with E-state index in [1.807, 2.05) is 0 Å². The second-order valence-corrected chi connectivity index (χ2v) is 6.73. The van der Waals surface area contributed by atoms with E-state index in [1.54, 1.807) is 45.0 Å². The predicted molar refractivity (Wildman–Crippen MR) is 102 cm³/mol. The van der Waals surface area contributed by atoms with Crippen LogP contribution in [0.5, 0.6) is 5.75 Å². The quantitative estimate of drug-likeness (QED) is 0.496. The molecule has 0 saturated heterocycles. The first-order chi connectivity index (χ1) is 12.6. The second kappa shape index (κ2) is 7.79. The molecule has 0 aromatic heterocycles. The number of nitro groups is 1. The highest BCUT2D eigenvalue weighted by molar-refractivity contribution is 5.87. The van der Waals surface area contributed by atoms with Crippen LogP contribution < -0.4 is 9.64 Å². The molecular formula is C20H20N2O5. The third-order valence-electron chi connectivity index (χ3n) is 3.70. The molecule has 2 aromatic carbocycles. The van der Waals surface area contributed by atoms with Crippen LogP contribution in [0.1, 0.15) is 31.9 Å². The van der Waals surface area contributed by atoms with Gasteiger partial charge in [0.05, 0.1) is 17.6 Å². The van der Waals surface area contributed by atoms with Crippen molar-refractivity contribution in [3.63, 3.8) is 0 Å². The minimum Gasteiger partial charge on any atom is -0.495 e. The summed E-state index contributed by atoms with van der Waals surface area (Å²) in [6.07, 6.45) is -1.06. The van der Waals surface area contributed by atoms with Gasteiger partial charge >= 0.3 is 6.09 Å². The number of non-ortho nitro benzene ring substituents is 1. The maximum Gasteiger partial charge on any atom is 0.412 e. The first-order valence-electron chi connectivity index (χ1n) is 8.11. The van der Waals surface area contributed by atoms with Crippen molar-refractivity contribution in [2.75, 3.05) is 12.0 Å². The molecule has 0 unspecified atom stereocenters. The van der Waals surface area contributed by atoms with E-state index in [-0.39, 0.29) is 5.69 Å². The molecule has 27 heavy (non-hydrogen) atoms. The number of hydrogen-bond donors (Lipinski definition) is 1.